The van der Waals surface area contributed by atoms with Crippen molar-refractivity contribution >= 4 is 29.3 Å². The fourth-order valence-electron chi connectivity index (χ4n) is 1.92. The van der Waals surface area contributed by atoms with Gasteiger partial charge in [0.05, 0.1) is 0 Å². The number of rotatable bonds is 8. The van der Waals surface area contributed by atoms with Crippen LogP contribution < -0.4 is 10.1 Å². The van der Waals surface area contributed by atoms with Crippen molar-refractivity contribution in [3.05, 3.63) is 54.6 Å². The number of ether oxygens (including phenoxy) is 2. The summed E-state index contributed by atoms with van der Waals surface area (Å²) in [5.41, 5.74) is 0.374. The van der Waals surface area contributed by atoms with Gasteiger partial charge in [0, 0.05) is 10.6 Å². The molecule has 0 aliphatic rings. The second-order valence-electron chi connectivity index (χ2n) is 5.13. The fourth-order valence-corrected chi connectivity index (χ4v) is 2.81. The minimum atomic E-state index is -2.91. The molecule has 0 saturated heterocycles. The van der Waals surface area contributed by atoms with Gasteiger partial charge in [-0.05, 0) is 43.3 Å². The van der Waals surface area contributed by atoms with Crippen molar-refractivity contribution in [1.29, 1.82) is 0 Å². The highest BCUT2D eigenvalue weighted by atomic mass is 32.2. The first-order valence-corrected chi connectivity index (χ1v) is 8.55. The predicted molar refractivity (Wildman–Crippen MR) is 94.4 cm³/mol. The van der Waals surface area contributed by atoms with E-state index in [9.17, 15) is 18.4 Å². The van der Waals surface area contributed by atoms with Crippen LogP contribution >= 0.6 is 11.8 Å². The summed E-state index contributed by atoms with van der Waals surface area (Å²) in [6.07, 6.45) is 0. The molecule has 0 spiro atoms. The maximum absolute atomic E-state index is 12.1. The van der Waals surface area contributed by atoms with Gasteiger partial charge < -0.3 is 14.8 Å². The third kappa shape index (κ3) is 6.72. The number of thioether (sulfide) groups is 1. The number of carbonyl (C=O) groups is 2. The standard InChI is InChI=1S/C18H17F2NO4S/c1-12(26-15-5-3-2-4-6-15)17(23)24-11-16(22)21-13-7-9-14(10-8-13)25-18(19)20/h2-10,12,18H,11H2,1H3,(H,21,22)/t12-/m0/s1. The first kappa shape index (κ1) is 19.7. The van der Waals surface area contributed by atoms with Gasteiger partial charge in [-0.3, -0.25) is 9.59 Å². The van der Waals surface area contributed by atoms with E-state index >= 15 is 0 Å². The molecule has 2 aromatic carbocycles. The largest absolute Gasteiger partial charge is 0.455 e. The van der Waals surface area contributed by atoms with Crippen molar-refractivity contribution < 1.29 is 27.8 Å². The molecule has 0 aliphatic heterocycles. The number of hydrogen-bond donors (Lipinski definition) is 1. The number of esters is 1. The SMILES string of the molecule is C[C@H](Sc1ccccc1)C(=O)OCC(=O)Nc1ccc(OC(F)F)cc1. The summed E-state index contributed by atoms with van der Waals surface area (Å²) in [6, 6.07) is 14.8. The third-order valence-electron chi connectivity index (χ3n) is 3.10. The normalized spacial score (nSPS) is 11.7. The lowest BCUT2D eigenvalue weighted by atomic mass is 10.3. The van der Waals surface area contributed by atoms with Crippen molar-refractivity contribution in [3.63, 3.8) is 0 Å². The van der Waals surface area contributed by atoms with Gasteiger partial charge >= 0.3 is 12.6 Å². The fraction of sp³-hybridized carbons (Fsp3) is 0.222. The van der Waals surface area contributed by atoms with Crippen molar-refractivity contribution in [3.8, 4) is 5.75 Å². The lowest BCUT2D eigenvalue weighted by molar-refractivity contribution is -0.146. The zero-order valence-corrected chi connectivity index (χ0v) is 14.7. The van der Waals surface area contributed by atoms with Crippen molar-refractivity contribution in [2.75, 3.05) is 11.9 Å². The lowest BCUT2D eigenvalue weighted by Gasteiger charge is -2.11. The minimum absolute atomic E-state index is 0.0174. The average Bonchev–Trinajstić information content (AvgIpc) is 2.61. The Balaban J connectivity index is 1.76. The number of nitrogens with one attached hydrogen (secondary N) is 1. The van der Waals surface area contributed by atoms with Crippen LogP contribution in [0.3, 0.4) is 0 Å². The van der Waals surface area contributed by atoms with Crippen LogP contribution in [0.2, 0.25) is 0 Å². The number of carbonyl (C=O) groups excluding carboxylic acids is 2. The van der Waals surface area contributed by atoms with Crippen molar-refractivity contribution in [2.45, 2.75) is 23.7 Å². The second kappa shape index (κ2) is 9.76. The quantitative estimate of drug-likeness (QED) is 0.554. The van der Waals surface area contributed by atoms with Crippen LogP contribution in [-0.4, -0.2) is 30.3 Å². The smallest absolute Gasteiger partial charge is 0.387 e. The molecule has 2 aromatic rings. The third-order valence-corrected chi connectivity index (χ3v) is 4.19. The molecule has 0 radical (unpaired) electrons. The Hall–Kier alpha value is -2.61. The van der Waals surface area contributed by atoms with Gasteiger partial charge in [-0.15, -0.1) is 11.8 Å². The van der Waals surface area contributed by atoms with E-state index in [0.717, 1.165) is 4.90 Å². The Morgan fingerprint density at radius 3 is 2.35 bits per heavy atom. The van der Waals surface area contributed by atoms with Crippen LogP contribution in [0.4, 0.5) is 14.5 Å². The maximum atomic E-state index is 12.1. The summed E-state index contributed by atoms with van der Waals surface area (Å²) in [5, 5.41) is 2.04. The van der Waals surface area contributed by atoms with E-state index in [1.165, 1.54) is 36.0 Å². The highest BCUT2D eigenvalue weighted by Gasteiger charge is 2.17. The molecule has 1 amide bonds. The first-order valence-electron chi connectivity index (χ1n) is 7.67. The first-order chi connectivity index (χ1) is 12.4. The van der Waals surface area contributed by atoms with Crippen molar-refractivity contribution in [1.82, 2.24) is 0 Å². The van der Waals surface area contributed by atoms with Crippen LogP contribution in [0.15, 0.2) is 59.5 Å². The van der Waals surface area contributed by atoms with E-state index in [0.29, 0.717) is 5.69 Å². The Morgan fingerprint density at radius 1 is 1.08 bits per heavy atom. The van der Waals surface area contributed by atoms with Crippen LogP contribution in [0.5, 0.6) is 5.75 Å². The lowest BCUT2D eigenvalue weighted by Crippen LogP contribution is -2.24. The highest BCUT2D eigenvalue weighted by Crippen LogP contribution is 2.23. The number of alkyl halides is 2. The summed E-state index contributed by atoms with van der Waals surface area (Å²) < 4.78 is 33.3. The topological polar surface area (TPSA) is 64.6 Å². The molecular formula is C18H17F2NO4S. The van der Waals surface area contributed by atoms with Gasteiger partial charge in [-0.2, -0.15) is 8.78 Å². The average molecular weight is 381 g/mol. The van der Waals surface area contributed by atoms with Gasteiger partial charge in [-0.1, -0.05) is 18.2 Å². The monoisotopic (exact) mass is 381 g/mol. The molecule has 0 aromatic heterocycles. The Labute approximate surface area is 153 Å². The zero-order chi connectivity index (χ0) is 18.9. The maximum Gasteiger partial charge on any atom is 0.387 e. The molecule has 0 saturated carbocycles. The number of anilines is 1. The van der Waals surface area contributed by atoms with Gasteiger partial charge in [0.2, 0.25) is 0 Å². The van der Waals surface area contributed by atoms with E-state index in [-0.39, 0.29) is 5.75 Å². The van der Waals surface area contributed by atoms with E-state index in [1.54, 1.807) is 6.92 Å². The molecule has 2 rings (SSSR count). The van der Waals surface area contributed by atoms with E-state index in [4.69, 9.17) is 4.74 Å². The molecule has 0 heterocycles. The number of halogens is 2. The molecule has 0 bridgehead atoms. The number of hydrogen-bond acceptors (Lipinski definition) is 5. The molecule has 8 heteroatoms. The number of benzene rings is 2. The van der Waals surface area contributed by atoms with Gasteiger partial charge in [0.25, 0.3) is 5.91 Å². The summed E-state index contributed by atoms with van der Waals surface area (Å²) >= 11 is 1.33. The molecule has 1 atom stereocenters. The highest BCUT2D eigenvalue weighted by molar-refractivity contribution is 8.00. The van der Waals surface area contributed by atoms with E-state index in [1.807, 2.05) is 30.3 Å². The van der Waals surface area contributed by atoms with Crippen molar-refractivity contribution in [2.24, 2.45) is 0 Å². The Bertz CT molecular complexity index is 726. The molecule has 138 valence electrons. The molecule has 0 unspecified atom stereocenters. The summed E-state index contributed by atoms with van der Waals surface area (Å²) in [7, 11) is 0. The summed E-state index contributed by atoms with van der Waals surface area (Å²) in [4.78, 5) is 24.7. The second-order valence-corrected chi connectivity index (χ2v) is 6.55. The Morgan fingerprint density at radius 2 is 1.73 bits per heavy atom. The van der Waals surface area contributed by atoms with E-state index < -0.39 is 30.3 Å². The summed E-state index contributed by atoms with van der Waals surface area (Å²) in [5.74, 6) is -1.05. The van der Waals surface area contributed by atoms with Gasteiger partial charge in [0.1, 0.15) is 11.0 Å². The van der Waals surface area contributed by atoms with Gasteiger partial charge in [-0.25, -0.2) is 0 Å². The molecule has 1 N–H and O–H groups in total. The number of amides is 1. The molecule has 26 heavy (non-hydrogen) atoms. The minimum Gasteiger partial charge on any atom is -0.455 e. The Kier molecular flexibility index (Phi) is 7.40. The molecule has 0 fully saturated rings. The van der Waals surface area contributed by atoms with Crippen LogP contribution in [0.25, 0.3) is 0 Å². The molecule has 0 aliphatic carbocycles. The summed E-state index contributed by atoms with van der Waals surface area (Å²) in [6.45, 7) is -1.65. The molecular weight excluding hydrogens is 364 g/mol. The van der Waals surface area contributed by atoms with Crippen LogP contribution in [0.1, 0.15) is 6.92 Å². The van der Waals surface area contributed by atoms with Gasteiger partial charge in [0.15, 0.2) is 6.61 Å². The molecule has 5 nitrogen and oxygen atoms in total. The van der Waals surface area contributed by atoms with Crippen LogP contribution in [0, 0.1) is 0 Å². The van der Waals surface area contributed by atoms with E-state index in [2.05, 4.69) is 10.1 Å². The zero-order valence-electron chi connectivity index (χ0n) is 13.9. The predicted octanol–water partition coefficient (Wildman–Crippen LogP) is 3.95. The van der Waals surface area contributed by atoms with Crippen LogP contribution in [-0.2, 0) is 14.3 Å².